The van der Waals surface area contributed by atoms with E-state index in [4.69, 9.17) is 9.47 Å². The highest BCUT2D eigenvalue weighted by atomic mass is 16.5. The fraction of sp³-hybridized carbons (Fsp3) is 1.00. The summed E-state index contributed by atoms with van der Waals surface area (Å²) >= 11 is 0. The van der Waals surface area contributed by atoms with Gasteiger partial charge in [-0.05, 0) is 38.1 Å². The monoisotopic (exact) mass is 409 g/mol. The minimum Gasteiger partial charge on any atom is -0.392 e. The molecule has 12 atom stereocenters. The first-order chi connectivity index (χ1) is 13.7. The van der Waals surface area contributed by atoms with Crippen LogP contribution in [0.4, 0.5) is 0 Å². The van der Waals surface area contributed by atoms with E-state index < -0.39 is 34.4 Å². The number of aliphatic hydroxyl groups is 4. The molecule has 164 valence electrons. The second-order valence-electron chi connectivity index (χ2n) is 10.9. The SMILES string of the molecule is CCN1C[C@]2(O)CC[C@H](O)[C@]34C1[C@H](C[C@H]23)[C@@]1(O)C[C@H](OC)[C@H]2C[C@@H]4[C@]1(O)[C@H]2OC. The number of piperidine rings is 1. The van der Waals surface area contributed by atoms with Gasteiger partial charge in [-0.15, -0.1) is 0 Å². The Morgan fingerprint density at radius 2 is 1.83 bits per heavy atom. The number of aliphatic hydroxyl groups excluding tert-OH is 1. The van der Waals surface area contributed by atoms with Crippen molar-refractivity contribution in [2.45, 2.75) is 80.2 Å². The number of hydrogen-bond acceptors (Lipinski definition) is 7. The predicted octanol–water partition coefficient (Wildman–Crippen LogP) is -0.256. The fourth-order valence-electron chi connectivity index (χ4n) is 9.99. The second-order valence-corrected chi connectivity index (χ2v) is 10.9. The third kappa shape index (κ3) is 1.74. The van der Waals surface area contributed by atoms with E-state index in [-0.39, 0.29) is 35.8 Å². The van der Waals surface area contributed by atoms with Crippen LogP contribution in [-0.4, -0.2) is 93.8 Å². The summed E-state index contributed by atoms with van der Waals surface area (Å²) in [5.74, 6) is -0.658. The Hall–Kier alpha value is -0.280. The highest BCUT2D eigenvalue weighted by molar-refractivity contribution is 5.38. The third-order valence-electron chi connectivity index (χ3n) is 10.7. The van der Waals surface area contributed by atoms with E-state index in [0.717, 1.165) is 6.54 Å². The van der Waals surface area contributed by atoms with Crippen LogP contribution >= 0.6 is 0 Å². The Balaban J connectivity index is 1.63. The lowest BCUT2D eigenvalue weighted by Gasteiger charge is -2.70. The first-order valence-corrected chi connectivity index (χ1v) is 11.4. The van der Waals surface area contributed by atoms with E-state index in [1.807, 2.05) is 0 Å². The molecule has 6 rings (SSSR count). The molecule has 29 heavy (non-hydrogen) atoms. The third-order valence-corrected chi connectivity index (χ3v) is 10.7. The molecule has 7 bridgehead atoms. The molecule has 0 aromatic rings. The van der Waals surface area contributed by atoms with E-state index >= 15 is 0 Å². The van der Waals surface area contributed by atoms with Crippen molar-refractivity contribution in [1.29, 1.82) is 0 Å². The van der Waals surface area contributed by atoms with Crippen molar-refractivity contribution in [2.24, 2.45) is 29.1 Å². The summed E-state index contributed by atoms with van der Waals surface area (Å²) < 4.78 is 11.7. The first-order valence-electron chi connectivity index (χ1n) is 11.4. The Morgan fingerprint density at radius 3 is 2.48 bits per heavy atom. The van der Waals surface area contributed by atoms with E-state index in [1.54, 1.807) is 14.2 Å². The summed E-state index contributed by atoms with van der Waals surface area (Å²) in [7, 11) is 3.28. The van der Waals surface area contributed by atoms with Crippen LogP contribution in [0, 0.1) is 29.1 Å². The van der Waals surface area contributed by atoms with E-state index in [2.05, 4.69) is 11.8 Å². The molecule has 0 aromatic heterocycles. The molecule has 1 unspecified atom stereocenters. The van der Waals surface area contributed by atoms with Gasteiger partial charge in [0.15, 0.2) is 0 Å². The number of nitrogens with zero attached hydrogens (tertiary/aromatic N) is 1. The molecule has 7 heteroatoms. The summed E-state index contributed by atoms with van der Waals surface area (Å²) in [4.78, 5) is 2.30. The zero-order valence-corrected chi connectivity index (χ0v) is 17.6. The largest absolute Gasteiger partial charge is 0.392 e. The lowest BCUT2D eigenvalue weighted by Crippen LogP contribution is -2.82. The number of likely N-dealkylation sites (N-methyl/N-ethyl adjacent to an activating group) is 1. The molecule has 1 aliphatic heterocycles. The Labute approximate surface area is 172 Å². The number of hydrogen-bond donors (Lipinski definition) is 4. The van der Waals surface area contributed by atoms with E-state index in [1.165, 1.54) is 0 Å². The van der Waals surface area contributed by atoms with Gasteiger partial charge < -0.3 is 29.9 Å². The molecule has 5 aliphatic carbocycles. The van der Waals surface area contributed by atoms with Crippen LogP contribution in [0.2, 0.25) is 0 Å². The van der Waals surface area contributed by atoms with Crippen LogP contribution in [-0.2, 0) is 9.47 Å². The van der Waals surface area contributed by atoms with Crippen LogP contribution in [0.5, 0.6) is 0 Å². The maximum absolute atomic E-state index is 12.3. The number of methoxy groups -OCH3 is 2. The maximum Gasteiger partial charge on any atom is 0.124 e. The van der Waals surface area contributed by atoms with Crippen molar-refractivity contribution < 1.29 is 29.9 Å². The lowest BCUT2D eigenvalue weighted by molar-refractivity contribution is -0.336. The molecule has 1 spiro atoms. The van der Waals surface area contributed by atoms with Gasteiger partial charge in [-0.25, -0.2) is 0 Å². The predicted molar refractivity (Wildman–Crippen MR) is 103 cm³/mol. The fourth-order valence-corrected chi connectivity index (χ4v) is 9.99. The quantitative estimate of drug-likeness (QED) is 0.510. The molecule has 7 nitrogen and oxygen atoms in total. The van der Waals surface area contributed by atoms with Gasteiger partial charge in [-0.2, -0.15) is 0 Å². The minimum atomic E-state index is -1.42. The molecule has 0 aromatic carbocycles. The van der Waals surface area contributed by atoms with Gasteiger partial charge >= 0.3 is 0 Å². The molecule has 4 N–H and O–H groups in total. The summed E-state index contributed by atoms with van der Waals surface area (Å²) in [5, 5.41) is 47.9. The number of likely N-dealkylation sites (tertiary alicyclic amines) is 1. The van der Waals surface area contributed by atoms with Gasteiger partial charge in [0.05, 0.1) is 23.9 Å². The Kier molecular flexibility index (Phi) is 3.71. The highest BCUT2D eigenvalue weighted by Crippen LogP contribution is 2.78. The van der Waals surface area contributed by atoms with Crippen molar-refractivity contribution in [2.75, 3.05) is 27.3 Å². The molecule has 6 aliphatic rings. The van der Waals surface area contributed by atoms with Crippen molar-refractivity contribution in [1.82, 2.24) is 4.90 Å². The summed E-state index contributed by atoms with van der Waals surface area (Å²) in [5.41, 5.74) is -4.25. The Bertz CT molecular complexity index is 736. The van der Waals surface area contributed by atoms with Crippen LogP contribution < -0.4 is 0 Å². The van der Waals surface area contributed by atoms with Crippen LogP contribution in [0.15, 0.2) is 0 Å². The smallest absolute Gasteiger partial charge is 0.124 e. The van der Waals surface area contributed by atoms with Crippen LogP contribution in [0.3, 0.4) is 0 Å². The van der Waals surface area contributed by atoms with Crippen molar-refractivity contribution in [3.05, 3.63) is 0 Å². The van der Waals surface area contributed by atoms with Crippen molar-refractivity contribution >= 4 is 0 Å². The molecule has 5 saturated carbocycles. The number of fused-ring (bicyclic) bond motifs is 2. The zero-order valence-electron chi connectivity index (χ0n) is 17.6. The minimum absolute atomic E-state index is 0.0213. The maximum atomic E-state index is 12.3. The summed E-state index contributed by atoms with van der Waals surface area (Å²) in [6.07, 6.45) is 1.52. The summed E-state index contributed by atoms with van der Waals surface area (Å²) in [6, 6.07) is -0.0322. The lowest BCUT2D eigenvalue weighted by atomic mass is 9.44. The molecule has 1 saturated heterocycles. The standard InChI is InChI=1S/C22H35NO6/c1-4-23-10-19(25)6-5-16(24)21-14(19)8-12(17(21)23)20(26)9-13(28-2)11-7-15(21)22(20,27)18(11)29-3/h11-18,24-27H,4-10H2,1-3H3/t11-,12+,13+,14-,15+,16+,17?,18+,19-,20+,21+,22+/m1/s1. The molecular formula is C22H35NO6. The highest BCUT2D eigenvalue weighted by Gasteiger charge is 2.88. The topological polar surface area (TPSA) is 103 Å². The van der Waals surface area contributed by atoms with Gasteiger partial charge in [-0.1, -0.05) is 6.92 Å². The van der Waals surface area contributed by atoms with Crippen molar-refractivity contribution in [3.8, 4) is 0 Å². The van der Waals surface area contributed by atoms with Gasteiger partial charge in [-0.3, -0.25) is 4.90 Å². The average molecular weight is 410 g/mol. The zero-order chi connectivity index (χ0) is 20.6. The van der Waals surface area contributed by atoms with E-state index in [0.29, 0.717) is 38.6 Å². The van der Waals surface area contributed by atoms with Gasteiger partial charge in [0.25, 0.3) is 0 Å². The molecule has 6 fully saturated rings. The molecule has 1 heterocycles. The van der Waals surface area contributed by atoms with Crippen LogP contribution in [0.25, 0.3) is 0 Å². The van der Waals surface area contributed by atoms with Gasteiger partial charge in [0, 0.05) is 56.4 Å². The number of ether oxygens (including phenoxy) is 2. The van der Waals surface area contributed by atoms with Gasteiger partial charge in [0.2, 0.25) is 0 Å². The second kappa shape index (κ2) is 5.55. The van der Waals surface area contributed by atoms with Crippen LogP contribution in [0.1, 0.15) is 39.0 Å². The first kappa shape index (κ1) is 19.4. The summed E-state index contributed by atoms with van der Waals surface area (Å²) in [6.45, 7) is 3.45. The molecule has 0 radical (unpaired) electrons. The van der Waals surface area contributed by atoms with Crippen molar-refractivity contribution in [3.63, 3.8) is 0 Å². The van der Waals surface area contributed by atoms with Gasteiger partial charge in [0.1, 0.15) is 11.2 Å². The Morgan fingerprint density at radius 1 is 1.07 bits per heavy atom. The molecular weight excluding hydrogens is 374 g/mol. The van der Waals surface area contributed by atoms with E-state index in [9.17, 15) is 20.4 Å². The normalized spacial score (nSPS) is 65.1. The number of rotatable bonds is 3. The number of β-amino-alcohol motifs (C(OH)–C–C–N with tert-alkyl or cyclic N) is 1. The molecule has 0 amide bonds. The average Bonchev–Trinajstić information content (AvgIpc) is 3.13.